The third kappa shape index (κ3) is 4.54. The minimum Gasteiger partial charge on any atom is -0.399 e. The van der Waals surface area contributed by atoms with Gasteiger partial charge in [0.25, 0.3) is 0 Å². The molecular formula is C19H17IN4O. The molecule has 0 bridgehead atoms. The highest BCUT2D eigenvalue weighted by Crippen LogP contribution is 2.20. The minimum absolute atomic E-state index is 0.112. The van der Waals surface area contributed by atoms with E-state index >= 15 is 0 Å². The molecule has 0 aliphatic heterocycles. The van der Waals surface area contributed by atoms with Crippen molar-refractivity contribution >= 4 is 40.0 Å². The standard InChI is InChI=1S/C19H17IN4O/c1-12-19(24-18(25)10-13-2-6-15(20)7-3-13)22-11-17(23-12)14-4-8-16(21)9-5-14/h2-9,11H,10,21H2,1H3,(H,22,24,25). The average Bonchev–Trinajstić information content (AvgIpc) is 2.59. The Kier molecular flexibility index (Phi) is 5.28. The van der Waals surface area contributed by atoms with Crippen LogP contribution in [0.3, 0.4) is 0 Å². The number of nitrogen functional groups attached to an aromatic ring is 1. The minimum atomic E-state index is -0.112. The Hall–Kier alpha value is -2.48. The quantitative estimate of drug-likeness (QED) is 0.474. The van der Waals surface area contributed by atoms with E-state index in [9.17, 15) is 4.79 Å². The first-order chi connectivity index (χ1) is 12.0. The third-order valence-corrected chi connectivity index (χ3v) is 4.41. The lowest BCUT2D eigenvalue weighted by Crippen LogP contribution is -2.16. The second-order valence-electron chi connectivity index (χ2n) is 5.66. The van der Waals surface area contributed by atoms with E-state index in [1.54, 1.807) is 6.20 Å². The molecule has 25 heavy (non-hydrogen) atoms. The molecule has 126 valence electrons. The van der Waals surface area contributed by atoms with Crippen molar-refractivity contribution in [1.29, 1.82) is 0 Å². The van der Waals surface area contributed by atoms with Crippen LogP contribution in [0.25, 0.3) is 11.3 Å². The van der Waals surface area contributed by atoms with Crippen LogP contribution in [0.4, 0.5) is 11.5 Å². The average molecular weight is 444 g/mol. The molecule has 1 aromatic heterocycles. The van der Waals surface area contributed by atoms with Gasteiger partial charge in [-0.3, -0.25) is 4.79 Å². The predicted octanol–water partition coefficient (Wildman–Crippen LogP) is 3.82. The second kappa shape index (κ2) is 7.60. The summed E-state index contributed by atoms with van der Waals surface area (Å²) in [4.78, 5) is 21.1. The number of benzene rings is 2. The Bertz CT molecular complexity index is 892. The van der Waals surface area contributed by atoms with Gasteiger partial charge in [-0.1, -0.05) is 24.3 Å². The number of aryl methyl sites for hydroxylation is 1. The second-order valence-corrected chi connectivity index (χ2v) is 6.91. The first-order valence-electron chi connectivity index (χ1n) is 7.75. The van der Waals surface area contributed by atoms with Gasteiger partial charge in [-0.05, 0) is 59.3 Å². The number of hydrogen-bond donors (Lipinski definition) is 2. The van der Waals surface area contributed by atoms with Crippen molar-refractivity contribution in [3.05, 3.63) is 69.6 Å². The van der Waals surface area contributed by atoms with Gasteiger partial charge >= 0.3 is 0 Å². The Morgan fingerprint density at radius 1 is 1.12 bits per heavy atom. The molecule has 0 radical (unpaired) electrons. The van der Waals surface area contributed by atoms with Gasteiger partial charge in [0.2, 0.25) is 5.91 Å². The highest BCUT2D eigenvalue weighted by Gasteiger charge is 2.10. The van der Waals surface area contributed by atoms with Crippen LogP contribution >= 0.6 is 22.6 Å². The van der Waals surface area contributed by atoms with E-state index in [0.29, 0.717) is 23.6 Å². The molecule has 5 nitrogen and oxygen atoms in total. The summed E-state index contributed by atoms with van der Waals surface area (Å²) in [7, 11) is 0. The molecule has 0 saturated heterocycles. The fourth-order valence-corrected chi connectivity index (χ4v) is 2.72. The summed E-state index contributed by atoms with van der Waals surface area (Å²) in [5.74, 6) is 0.369. The van der Waals surface area contributed by atoms with Gasteiger partial charge in [-0.15, -0.1) is 0 Å². The Morgan fingerprint density at radius 2 is 1.80 bits per heavy atom. The topological polar surface area (TPSA) is 80.9 Å². The van der Waals surface area contributed by atoms with Crippen LogP contribution in [-0.4, -0.2) is 15.9 Å². The molecule has 3 N–H and O–H groups in total. The predicted molar refractivity (Wildman–Crippen MR) is 108 cm³/mol. The lowest BCUT2D eigenvalue weighted by atomic mass is 10.1. The summed E-state index contributed by atoms with van der Waals surface area (Å²) < 4.78 is 1.14. The maximum absolute atomic E-state index is 12.2. The monoisotopic (exact) mass is 444 g/mol. The molecule has 0 aliphatic rings. The van der Waals surface area contributed by atoms with E-state index in [0.717, 1.165) is 20.4 Å². The van der Waals surface area contributed by atoms with E-state index < -0.39 is 0 Å². The summed E-state index contributed by atoms with van der Waals surface area (Å²) in [6.45, 7) is 1.83. The van der Waals surface area contributed by atoms with Crippen LogP contribution in [0, 0.1) is 10.5 Å². The number of nitrogens with one attached hydrogen (secondary N) is 1. The molecule has 0 atom stereocenters. The molecular weight excluding hydrogens is 427 g/mol. The summed E-state index contributed by atoms with van der Waals surface area (Å²) in [6, 6.07) is 15.3. The Balaban J connectivity index is 1.71. The molecule has 1 heterocycles. The molecule has 6 heteroatoms. The zero-order chi connectivity index (χ0) is 17.8. The number of aromatic nitrogens is 2. The van der Waals surface area contributed by atoms with Gasteiger partial charge in [-0.2, -0.15) is 0 Å². The van der Waals surface area contributed by atoms with Gasteiger partial charge in [0.15, 0.2) is 5.82 Å². The van der Waals surface area contributed by atoms with E-state index in [1.807, 2.05) is 55.5 Å². The summed E-state index contributed by atoms with van der Waals surface area (Å²) >= 11 is 2.24. The lowest BCUT2D eigenvalue weighted by Gasteiger charge is -2.09. The molecule has 0 spiro atoms. The fraction of sp³-hybridized carbons (Fsp3) is 0.105. The van der Waals surface area contributed by atoms with E-state index in [-0.39, 0.29) is 5.91 Å². The first-order valence-corrected chi connectivity index (χ1v) is 8.83. The molecule has 0 fully saturated rings. The van der Waals surface area contributed by atoms with Gasteiger partial charge < -0.3 is 11.1 Å². The van der Waals surface area contributed by atoms with Crippen molar-refractivity contribution in [3.63, 3.8) is 0 Å². The highest BCUT2D eigenvalue weighted by atomic mass is 127. The number of halogens is 1. The molecule has 0 saturated carbocycles. The number of amides is 1. The Labute approximate surface area is 159 Å². The van der Waals surface area contributed by atoms with Crippen molar-refractivity contribution < 1.29 is 4.79 Å². The fourth-order valence-electron chi connectivity index (χ4n) is 2.36. The molecule has 3 aromatic rings. The zero-order valence-electron chi connectivity index (χ0n) is 13.7. The van der Waals surface area contributed by atoms with Crippen molar-refractivity contribution in [2.45, 2.75) is 13.3 Å². The summed E-state index contributed by atoms with van der Waals surface area (Å²) in [6.07, 6.45) is 1.96. The van der Waals surface area contributed by atoms with Crippen molar-refractivity contribution in [2.75, 3.05) is 11.1 Å². The molecule has 2 aromatic carbocycles. The van der Waals surface area contributed by atoms with Crippen LogP contribution in [0.15, 0.2) is 54.7 Å². The van der Waals surface area contributed by atoms with E-state index in [2.05, 4.69) is 37.9 Å². The highest BCUT2D eigenvalue weighted by molar-refractivity contribution is 14.1. The lowest BCUT2D eigenvalue weighted by molar-refractivity contribution is -0.115. The number of nitrogens with two attached hydrogens (primary N) is 1. The number of carbonyl (C=O) groups excluding carboxylic acids is 1. The van der Waals surface area contributed by atoms with Gasteiger partial charge in [0.1, 0.15) is 0 Å². The van der Waals surface area contributed by atoms with Crippen molar-refractivity contribution in [2.24, 2.45) is 0 Å². The van der Waals surface area contributed by atoms with Gasteiger partial charge in [-0.25, -0.2) is 9.97 Å². The smallest absolute Gasteiger partial charge is 0.229 e. The number of nitrogens with zero attached hydrogens (tertiary/aromatic N) is 2. The normalized spacial score (nSPS) is 10.5. The zero-order valence-corrected chi connectivity index (χ0v) is 15.8. The number of carbonyl (C=O) groups is 1. The van der Waals surface area contributed by atoms with Gasteiger partial charge in [0, 0.05) is 14.8 Å². The maximum Gasteiger partial charge on any atom is 0.229 e. The number of hydrogen-bond acceptors (Lipinski definition) is 4. The number of anilines is 2. The van der Waals surface area contributed by atoms with Crippen LogP contribution in [0.1, 0.15) is 11.3 Å². The first kappa shape index (κ1) is 17.3. The van der Waals surface area contributed by atoms with Crippen LogP contribution in [-0.2, 0) is 11.2 Å². The van der Waals surface area contributed by atoms with Crippen molar-refractivity contribution in [3.8, 4) is 11.3 Å². The van der Waals surface area contributed by atoms with Crippen LogP contribution in [0.2, 0.25) is 0 Å². The van der Waals surface area contributed by atoms with Crippen molar-refractivity contribution in [1.82, 2.24) is 9.97 Å². The van der Waals surface area contributed by atoms with Gasteiger partial charge in [0.05, 0.1) is 24.0 Å². The molecule has 0 unspecified atom stereocenters. The largest absolute Gasteiger partial charge is 0.399 e. The molecule has 0 aliphatic carbocycles. The van der Waals surface area contributed by atoms with E-state index in [1.165, 1.54) is 0 Å². The van der Waals surface area contributed by atoms with E-state index in [4.69, 9.17) is 5.73 Å². The summed E-state index contributed by atoms with van der Waals surface area (Å²) in [5.41, 5.74) is 9.71. The Morgan fingerprint density at radius 3 is 2.44 bits per heavy atom. The van der Waals surface area contributed by atoms with Crippen LogP contribution < -0.4 is 11.1 Å². The number of rotatable bonds is 4. The molecule has 1 amide bonds. The molecule has 3 rings (SSSR count). The summed E-state index contributed by atoms with van der Waals surface area (Å²) in [5, 5.41) is 2.83. The third-order valence-electron chi connectivity index (χ3n) is 3.69. The maximum atomic E-state index is 12.2. The van der Waals surface area contributed by atoms with Crippen LogP contribution in [0.5, 0.6) is 0 Å². The SMILES string of the molecule is Cc1nc(-c2ccc(N)cc2)cnc1NC(=O)Cc1ccc(I)cc1.